The highest BCUT2D eigenvalue weighted by molar-refractivity contribution is 5.95. The summed E-state index contributed by atoms with van der Waals surface area (Å²) in [7, 11) is 0. The zero-order valence-electron chi connectivity index (χ0n) is 11.9. The monoisotopic (exact) mass is 291 g/mol. The normalized spacial score (nSPS) is 10.2. The van der Waals surface area contributed by atoms with Crippen LogP contribution in [0.5, 0.6) is 0 Å². The summed E-state index contributed by atoms with van der Waals surface area (Å²) in [5.41, 5.74) is 0.112. The van der Waals surface area contributed by atoms with Gasteiger partial charge in [-0.25, -0.2) is 4.79 Å². The summed E-state index contributed by atoms with van der Waals surface area (Å²) >= 11 is 0. The number of rotatable bonds is 7. The Morgan fingerprint density at radius 1 is 1.52 bits per heavy atom. The molecule has 0 aliphatic rings. The number of nitrogens with zero attached hydrogens (tertiary/aromatic N) is 3. The Balaban J connectivity index is 3.30. The summed E-state index contributed by atoms with van der Waals surface area (Å²) in [6.07, 6.45) is 0.217. The van der Waals surface area contributed by atoms with Crippen molar-refractivity contribution in [2.24, 2.45) is 5.92 Å². The van der Waals surface area contributed by atoms with E-state index >= 15 is 0 Å². The minimum absolute atomic E-state index is 0.000750. The van der Waals surface area contributed by atoms with E-state index in [9.17, 15) is 20.0 Å². The van der Waals surface area contributed by atoms with E-state index in [0.717, 1.165) is 0 Å². The molecule has 1 N–H and O–H groups in total. The zero-order chi connectivity index (χ0) is 16.0. The van der Waals surface area contributed by atoms with Crippen LogP contribution in [0.4, 0.5) is 11.4 Å². The summed E-state index contributed by atoms with van der Waals surface area (Å²) in [5.74, 6) is -0.921. The molecule has 0 radical (unpaired) electrons. The van der Waals surface area contributed by atoms with Gasteiger partial charge in [-0.15, -0.1) is 0 Å². The number of nitro benzene ring substituents is 1. The molecular weight excluding hydrogens is 274 g/mol. The van der Waals surface area contributed by atoms with E-state index in [1.165, 1.54) is 18.2 Å². The third kappa shape index (κ3) is 4.45. The molecule has 0 fully saturated rings. The van der Waals surface area contributed by atoms with E-state index in [2.05, 4.69) is 0 Å². The number of carboxylic acids is 1. The van der Waals surface area contributed by atoms with Crippen molar-refractivity contribution in [3.8, 4) is 6.07 Å². The molecular formula is C14H17N3O4. The molecule has 0 bridgehead atoms. The maximum Gasteiger partial charge on any atom is 0.337 e. The smallest absolute Gasteiger partial charge is 0.337 e. The number of nitriles is 1. The molecule has 0 atom stereocenters. The Bertz CT molecular complexity index is 578. The van der Waals surface area contributed by atoms with Crippen LogP contribution in [0.3, 0.4) is 0 Å². The van der Waals surface area contributed by atoms with Crippen LogP contribution in [0.2, 0.25) is 0 Å². The first-order chi connectivity index (χ1) is 9.86. The number of benzene rings is 1. The van der Waals surface area contributed by atoms with Gasteiger partial charge in [0.05, 0.1) is 28.7 Å². The number of carbonyl (C=O) groups is 1. The van der Waals surface area contributed by atoms with Crippen molar-refractivity contribution in [3.05, 3.63) is 33.9 Å². The lowest BCUT2D eigenvalue weighted by Gasteiger charge is -2.27. The lowest BCUT2D eigenvalue weighted by Crippen LogP contribution is -2.30. The van der Waals surface area contributed by atoms with Crippen LogP contribution < -0.4 is 4.90 Å². The second-order valence-electron chi connectivity index (χ2n) is 5.01. The van der Waals surface area contributed by atoms with Crippen LogP contribution in [0, 0.1) is 27.4 Å². The van der Waals surface area contributed by atoms with Crippen LogP contribution in [0.1, 0.15) is 30.6 Å². The molecule has 0 aromatic heterocycles. The lowest BCUT2D eigenvalue weighted by molar-refractivity contribution is -0.384. The fourth-order valence-electron chi connectivity index (χ4n) is 2.01. The fraction of sp³-hybridized carbons (Fsp3) is 0.429. The van der Waals surface area contributed by atoms with Crippen LogP contribution >= 0.6 is 0 Å². The van der Waals surface area contributed by atoms with E-state index in [1.807, 2.05) is 19.9 Å². The summed E-state index contributed by atoms with van der Waals surface area (Å²) < 4.78 is 0. The molecule has 0 spiro atoms. The fourth-order valence-corrected chi connectivity index (χ4v) is 2.01. The van der Waals surface area contributed by atoms with Crippen molar-refractivity contribution in [1.29, 1.82) is 5.26 Å². The number of anilines is 1. The van der Waals surface area contributed by atoms with Gasteiger partial charge in [0.1, 0.15) is 0 Å². The van der Waals surface area contributed by atoms with Crippen LogP contribution in [-0.4, -0.2) is 29.1 Å². The van der Waals surface area contributed by atoms with Crippen LogP contribution in [0.25, 0.3) is 0 Å². The molecule has 0 saturated carbocycles. The molecule has 7 heteroatoms. The van der Waals surface area contributed by atoms with Crippen molar-refractivity contribution in [3.63, 3.8) is 0 Å². The van der Waals surface area contributed by atoms with E-state index in [-0.39, 0.29) is 29.3 Å². The maximum absolute atomic E-state index is 11.3. The van der Waals surface area contributed by atoms with Gasteiger partial charge in [0.2, 0.25) is 0 Å². The number of hydrogen-bond donors (Lipinski definition) is 1. The van der Waals surface area contributed by atoms with Gasteiger partial charge in [0, 0.05) is 25.2 Å². The van der Waals surface area contributed by atoms with Gasteiger partial charge in [-0.2, -0.15) is 5.26 Å². The Morgan fingerprint density at radius 2 is 2.19 bits per heavy atom. The minimum atomic E-state index is -1.15. The molecule has 112 valence electrons. The third-order valence-electron chi connectivity index (χ3n) is 2.84. The first-order valence-electron chi connectivity index (χ1n) is 6.50. The molecule has 1 aromatic rings. The predicted molar refractivity (Wildman–Crippen MR) is 77.3 cm³/mol. The highest BCUT2D eigenvalue weighted by atomic mass is 16.6. The van der Waals surface area contributed by atoms with Gasteiger partial charge in [-0.1, -0.05) is 13.8 Å². The molecule has 1 rings (SSSR count). The molecule has 0 aliphatic carbocycles. The van der Waals surface area contributed by atoms with Crippen molar-refractivity contribution in [1.82, 2.24) is 0 Å². The van der Waals surface area contributed by atoms with Crippen molar-refractivity contribution < 1.29 is 14.8 Å². The van der Waals surface area contributed by atoms with Crippen molar-refractivity contribution in [2.75, 3.05) is 18.0 Å². The Hall–Kier alpha value is -2.62. The summed E-state index contributed by atoms with van der Waals surface area (Å²) in [6.45, 7) is 4.76. The summed E-state index contributed by atoms with van der Waals surface area (Å²) in [4.78, 5) is 23.3. The number of aromatic carboxylic acids is 1. The van der Waals surface area contributed by atoms with Crippen LogP contribution in [0.15, 0.2) is 18.2 Å². The average Bonchev–Trinajstić information content (AvgIpc) is 2.42. The molecule has 21 heavy (non-hydrogen) atoms. The molecule has 0 heterocycles. The number of carboxylic acid groups (broad SMARTS) is 1. The van der Waals surface area contributed by atoms with Crippen LogP contribution in [-0.2, 0) is 0 Å². The molecule has 0 unspecified atom stereocenters. The standard InChI is InChI=1S/C14H17N3O4/c1-10(2)9-16(7-3-6-15)13-8-11(17(20)21)4-5-12(13)14(18)19/h4-5,8,10H,3,7,9H2,1-2H3,(H,18,19). The Labute approximate surface area is 122 Å². The predicted octanol–water partition coefficient (Wildman–Crippen LogP) is 2.67. The Kier molecular flexibility index (Phi) is 5.67. The van der Waals surface area contributed by atoms with E-state index in [0.29, 0.717) is 13.1 Å². The van der Waals surface area contributed by atoms with Gasteiger partial charge < -0.3 is 10.0 Å². The van der Waals surface area contributed by atoms with E-state index in [4.69, 9.17) is 5.26 Å². The van der Waals surface area contributed by atoms with E-state index in [1.54, 1.807) is 4.90 Å². The average molecular weight is 291 g/mol. The highest BCUT2D eigenvalue weighted by Crippen LogP contribution is 2.27. The number of nitro groups is 1. The second kappa shape index (κ2) is 7.24. The van der Waals surface area contributed by atoms with E-state index < -0.39 is 10.9 Å². The van der Waals surface area contributed by atoms with Gasteiger partial charge in [-0.3, -0.25) is 10.1 Å². The zero-order valence-corrected chi connectivity index (χ0v) is 11.9. The molecule has 1 aromatic carbocycles. The molecule has 0 saturated heterocycles. The molecule has 0 amide bonds. The quantitative estimate of drug-likeness (QED) is 0.611. The van der Waals surface area contributed by atoms with Gasteiger partial charge in [0.25, 0.3) is 5.69 Å². The highest BCUT2D eigenvalue weighted by Gasteiger charge is 2.20. The van der Waals surface area contributed by atoms with Gasteiger partial charge in [0.15, 0.2) is 0 Å². The largest absolute Gasteiger partial charge is 0.478 e. The first-order valence-corrected chi connectivity index (χ1v) is 6.50. The van der Waals surface area contributed by atoms with Gasteiger partial charge >= 0.3 is 5.97 Å². The summed E-state index contributed by atoms with van der Waals surface area (Å²) in [6, 6.07) is 5.66. The minimum Gasteiger partial charge on any atom is -0.478 e. The SMILES string of the molecule is CC(C)CN(CCC#N)c1cc([N+](=O)[O-])ccc1C(=O)O. The number of hydrogen-bond acceptors (Lipinski definition) is 5. The topological polar surface area (TPSA) is 107 Å². The van der Waals surface area contributed by atoms with Crippen molar-refractivity contribution in [2.45, 2.75) is 20.3 Å². The number of non-ortho nitro benzene ring substituents is 1. The molecule has 0 aliphatic heterocycles. The Morgan fingerprint density at radius 3 is 2.67 bits per heavy atom. The molecule has 7 nitrogen and oxygen atoms in total. The lowest BCUT2D eigenvalue weighted by atomic mass is 10.1. The van der Waals surface area contributed by atoms with Crippen molar-refractivity contribution >= 4 is 17.3 Å². The third-order valence-corrected chi connectivity index (χ3v) is 2.84. The second-order valence-corrected chi connectivity index (χ2v) is 5.01. The first kappa shape index (κ1) is 16.4. The maximum atomic E-state index is 11.3. The van der Waals surface area contributed by atoms with Gasteiger partial charge in [-0.05, 0) is 12.0 Å². The summed E-state index contributed by atoms with van der Waals surface area (Å²) in [5, 5.41) is 28.8.